The SMILES string of the molecule is COc1cccc2c1oc1ccc(N(C(=O)NC3CCCC3)c3c(Cl)cncc3Cl)cc12. The summed E-state index contributed by atoms with van der Waals surface area (Å²) >= 11 is 12.9. The van der Waals surface area contributed by atoms with Crippen LogP contribution in [-0.4, -0.2) is 24.2 Å². The van der Waals surface area contributed by atoms with E-state index in [-0.39, 0.29) is 22.1 Å². The molecular weight excluding hydrogens is 449 g/mol. The number of anilines is 2. The second-order valence-electron chi connectivity index (χ2n) is 7.84. The second kappa shape index (κ2) is 8.52. The van der Waals surface area contributed by atoms with Gasteiger partial charge in [-0.2, -0.15) is 0 Å². The van der Waals surface area contributed by atoms with E-state index in [4.69, 9.17) is 32.4 Å². The number of nitrogens with zero attached hydrogens (tertiary/aromatic N) is 2. The normalized spacial score (nSPS) is 14.2. The number of fused-ring (bicyclic) bond motifs is 3. The van der Waals surface area contributed by atoms with Gasteiger partial charge in [0.1, 0.15) is 5.58 Å². The summed E-state index contributed by atoms with van der Waals surface area (Å²) < 4.78 is 11.5. The molecular formula is C24H21Cl2N3O3. The van der Waals surface area contributed by atoms with E-state index in [1.54, 1.807) is 7.11 Å². The van der Waals surface area contributed by atoms with Crippen molar-refractivity contribution in [2.45, 2.75) is 31.7 Å². The van der Waals surface area contributed by atoms with Crippen molar-refractivity contribution in [3.05, 3.63) is 58.8 Å². The predicted octanol–water partition coefficient (Wildman–Crippen LogP) is 7.09. The molecule has 32 heavy (non-hydrogen) atoms. The Kier molecular flexibility index (Phi) is 5.57. The van der Waals surface area contributed by atoms with Gasteiger partial charge in [-0.3, -0.25) is 9.88 Å². The van der Waals surface area contributed by atoms with Gasteiger partial charge in [-0.05, 0) is 37.1 Å². The number of nitrogens with one attached hydrogen (secondary N) is 1. The summed E-state index contributed by atoms with van der Waals surface area (Å²) in [5, 5.41) is 5.46. The van der Waals surface area contributed by atoms with Crippen molar-refractivity contribution in [1.29, 1.82) is 0 Å². The predicted molar refractivity (Wildman–Crippen MR) is 127 cm³/mol. The number of hydrogen-bond donors (Lipinski definition) is 1. The molecule has 1 aliphatic carbocycles. The Hall–Kier alpha value is -2.96. The summed E-state index contributed by atoms with van der Waals surface area (Å²) in [6, 6.07) is 11.1. The van der Waals surface area contributed by atoms with E-state index in [9.17, 15) is 4.79 Å². The molecule has 0 bridgehead atoms. The molecule has 5 rings (SSSR count). The number of hydrogen-bond acceptors (Lipinski definition) is 4. The van der Waals surface area contributed by atoms with Crippen LogP contribution in [-0.2, 0) is 0 Å². The van der Waals surface area contributed by atoms with Gasteiger partial charge in [-0.25, -0.2) is 4.79 Å². The van der Waals surface area contributed by atoms with Gasteiger partial charge < -0.3 is 14.5 Å². The minimum atomic E-state index is -0.281. The van der Waals surface area contributed by atoms with Crippen molar-refractivity contribution in [2.75, 3.05) is 12.0 Å². The average Bonchev–Trinajstić information content (AvgIpc) is 3.43. The van der Waals surface area contributed by atoms with Crippen LogP contribution in [0.1, 0.15) is 25.7 Å². The topological polar surface area (TPSA) is 67.6 Å². The number of aromatic nitrogens is 1. The van der Waals surface area contributed by atoms with Crippen molar-refractivity contribution < 1.29 is 13.9 Å². The third-order valence-electron chi connectivity index (χ3n) is 5.86. The summed E-state index contributed by atoms with van der Waals surface area (Å²) in [4.78, 5) is 19.0. The van der Waals surface area contributed by atoms with Crippen LogP contribution in [0.4, 0.5) is 16.2 Å². The summed E-state index contributed by atoms with van der Waals surface area (Å²) in [7, 11) is 1.61. The quantitative estimate of drug-likeness (QED) is 0.346. The maximum absolute atomic E-state index is 13.5. The Balaban J connectivity index is 1.66. The molecule has 2 heterocycles. The van der Waals surface area contributed by atoms with Crippen LogP contribution in [0.15, 0.2) is 53.2 Å². The second-order valence-corrected chi connectivity index (χ2v) is 8.65. The Bertz CT molecular complexity index is 1290. The van der Waals surface area contributed by atoms with E-state index in [1.807, 2.05) is 36.4 Å². The monoisotopic (exact) mass is 469 g/mol. The van der Waals surface area contributed by atoms with Crippen molar-refractivity contribution >= 4 is 62.5 Å². The van der Waals surface area contributed by atoms with Crippen LogP contribution in [0.3, 0.4) is 0 Å². The van der Waals surface area contributed by atoms with E-state index < -0.39 is 0 Å². The van der Waals surface area contributed by atoms with Crippen molar-refractivity contribution in [1.82, 2.24) is 10.3 Å². The Morgan fingerprint density at radius 3 is 2.59 bits per heavy atom. The molecule has 4 aromatic rings. The number of ether oxygens (including phenoxy) is 1. The minimum absolute atomic E-state index is 0.132. The molecule has 1 fully saturated rings. The van der Waals surface area contributed by atoms with E-state index in [0.29, 0.717) is 28.3 Å². The summed E-state index contributed by atoms with van der Waals surface area (Å²) in [6.45, 7) is 0. The largest absolute Gasteiger partial charge is 0.493 e. The van der Waals surface area contributed by atoms with Gasteiger partial charge in [0.05, 0.1) is 28.5 Å². The molecule has 2 aromatic heterocycles. The number of furan rings is 1. The first-order valence-electron chi connectivity index (χ1n) is 10.5. The molecule has 164 valence electrons. The van der Waals surface area contributed by atoms with Crippen LogP contribution >= 0.6 is 23.2 Å². The molecule has 0 aliphatic heterocycles. The van der Waals surface area contributed by atoms with E-state index in [1.165, 1.54) is 17.3 Å². The number of urea groups is 1. The van der Waals surface area contributed by atoms with Crippen molar-refractivity contribution in [2.24, 2.45) is 0 Å². The maximum atomic E-state index is 13.5. The number of pyridine rings is 1. The average molecular weight is 470 g/mol. The Morgan fingerprint density at radius 2 is 1.88 bits per heavy atom. The maximum Gasteiger partial charge on any atom is 0.326 e. The highest BCUT2D eigenvalue weighted by molar-refractivity contribution is 6.40. The smallest absolute Gasteiger partial charge is 0.326 e. The van der Waals surface area contributed by atoms with Crippen molar-refractivity contribution in [3.8, 4) is 5.75 Å². The number of carbonyl (C=O) groups excluding carboxylic acids is 1. The number of benzene rings is 2. The molecule has 0 atom stereocenters. The van der Waals surface area contributed by atoms with Gasteiger partial charge in [0, 0.05) is 29.2 Å². The lowest BCUT2D eigenvalue weighted by Crippen LogP contribution is -2.42. The molecule has 1 saturated carbocycles. The zero-order valence-corrected chi connectivity index (χ0v) is 18.9. The summed E-state index contributed by atoms with van der Waals surface area (Å²) in [5.74, 6) is 0.649. The highest BCUT2D eigenvalue weighted by Crippen LogP contribution is 2.41. The fourth-order valence-electron chi connectivity index (χ4n) is 4.34. The van der Waals surface area contributed by atoms with Gasteiger partial charge >= 0.3 is 6.03 Å². The minimum Gasteiger partial charge on any atom is -0.493 e. The first-order chi connectivity index (χ1) is 15.6. The number of amides is 2. The standard InChI is InChI=1S/C24H21Cl2N3O3/c1-31-21-8-4-7-16-17-11-15(9-10-20(17)32-23(16)21)29(22-18(25)12-27-13-19(22)26)24(30)28-14-5-2-3-6-14/h4,7-14H,2-3,5-6H2,1H3,(H,28,30). The van der Waals surface area contributed by atoms with E-state index >= 15 is 0 Å². The molecule has 1 aliphatic rings. The highest BCUT2D eigenvalue weighted by Gasteiger charge is 2.27. The number of rotatable bonds is 4. The van der Waals surface area contributed by atoms with E-state index in [2.05, 4.69) is 10.3 Å². The molecule has 6 nitrogen and oxygen atoms in total. The number of methoxy groups -OCH3 is 1. The number of para-hydroxylation sites is 1. The third-order valence-corrected chi connectivity index (χ3v) is 6.41. The van der Waals surface area contributed by atoms with Gasteiger partial charge in [0.15, 0.2) is 11.3 Å². The van der Waals surface area contributed by atoms with E-state index in [0.717, 1.165) is 36.5 Å². The fraction of sp³-hybridized carbons (Fsp3) is 0.250. The third kappa shape index (κ3) is 3.63. The van der Waals surface area contributed by atoms with Crippen LogP contribution in [0.2, 0.25) is 10.0 Å². The molecule has 0 radical (unpaired) electrons. The van der Waals surface area contributed by atoms with Crippen LogP contribution < -0.4 is 15.0 Å². The Labute approximate surface area is 195 Å². The molecule has 0 spiro atoms. The van der Waals surface area contributed by atoms with Crippen LogP contribution in [0.5, 0.6) is 5.75 Å². The van der Waals surface area contributed by atoms with Gasteiger partial charge in [-0.1, -0.05) is 48.2 Å². The number of halogens is 2. The first-order valence-corrected chi connectivity index (χ1v) is 11.2. The molecule has 8 heteroatoms. The molecule has 1 N–H and O–H groups in total. The zero-order valence-electron chi connectivity index (χ0n) is 17.4. The zero-order chi connectivity index (χ0) is 22.2. The van der Waals surface area contributed by atoms with Gasteiger partial charge in [-0.15, -0.1) is 0 Å². The molecule has 0 saturated heterocycles. The lowest BCUT2D eigenvalue weighted by atomic mass is 10.1. The lowest BCUT2D eigenvalue weighted by Gasteiger charge is -2.26. The first kappa shape index (κ1) is 20.9. The molecule has 2 aromatic carbocycles. The molecule has 2 amide bonds. The fourth-order valence-corrected chi connectivity index (χ4v) is 4.87. The van der Waals surface area contributed by atoms with Crippen LogP contribution in [0, 0.1) is 0 Å². The van der Waals surface area contributed by atoms with Crippen molar-refractivity contribution in [3.63, 3.8) is 0 Å². The molecule has 0 unspecified atom stereocenters. The lowest BCUT2D eigenvalue weighted by molar-refractivity contribution is 0.245. The van der Waals surface area contributed by atoms with Gasteiger partial charge in [0.2, 0.25) is 0 Å². The number of carbonyl (C=O) groups is 1. The highest BCUT2D eigenvalue weighted by atomic mass is 35.5. The van der Waals surface area contributed by atoms with Crippen LogP contribution in [0.25, 0.3) is 21.9 Å². The Morgan fingerprint density at radius 1 is 1.12 bits per heavy atom. The summed E-state index contributed by atoms with van der Waals surface area (Å²) in [5.41, 5.74) is 2.36. The summed E-state index contributed by atoms with van der Waals surface area (Å²) in [6.07, 6.45) is 7.10. The van der Waals surface area contributed by atoms with Gasteiger partial charge in [0.25, 0.3) is 0 Å².